The molecule has 0 radical (unpaired) electrons. The first-order valence-corrected chi connectivity index (χ1v) is 10.4. The lowest BCUT2D eigenvalue weighted by Gasteiger charge is -2.32. The van der Waals surface area contributed by atoms with Gasteiger partial charge in [-0.3, -0.25) is 0 Å². The van der Waals surface area contributed by atoms with Crippen LogP contribution in [-0.4, -0.2) is 11.8 Å². The zero-order valence-electron chi connectivity index (χ0n) is 11.4. The third kappa shape index (κ3) is 3.86. The number of alkyl halides is 6. The lowest BCUT2D eigenvalue weighted by Crippen LogP contribution is -2.29. The summed E-state index contributed by atoms with van der Waals surface area (Å²) in [5, 5.41) is -3.77. The van der Waals surface area contributed by atoms with Crippen molar-refractivity contribution in [3.63, 3.8) is 0 Å². The summed E-state index contributed by atoms with van der Waals surface area (Å²) >= 11 is 9.40. The van der Waals surface area contributed by atoms with Gasteiger partial charge in [0.25, 0.3) is 0 Å². The molecule has 2 unspecified atom stereocenters. The Hall–Kier alpha value is -0.720. The number of hydrogen-bond acceptors (Lipinski definition) is 1. The molecule has 0 spiro atoms. The summed E-state index contributed by atoms with van der Waals surface area (Å²) in [6.07, 6.45) is -5.88. The predicted octanol–water partition coefficient (Wildman–Crippen LogP) is 5.47. The van der Waals surface area contributed by atoms with E-state index < -0.39 is 34.4 Å². The van der Waals surface area contributed by atoms with E-state index in [1.807, 2.05) is 0 Å². The fourth-order valence-electron chi connectivity index (χ4n) is 2.39. The van der Waals surface area contributed by atoms with E-state index in [9.17, 15) is 26.3 Å². The third-order valence-corrected chi connectivity index (χ3v) is 8.69. The number of rotatable bonds is 2. The van der Waals surface area contributed by atoms with Crippen molar-refractivity contribution in [2.24, 2.45) is 0 Å². The molecule has 9 heteroatoms. The molecule has 2 atom stereocenters. The van der Waals surface area contributed by atoms with Crippen LogP contribution in [0, 0.1) is 0 Å². The number of thiol groups is 1. The van der Waals surface area contributed by atoms with Gasteiger partial charge in [-0.05, 0) is 12.5 Å². The molecule has 1 aromatic rings. The van der Waals surface area contributed by atoms with Gasteiger partial charge in [0, 0.05) is 21.8 Å². The second kappa shape index (κ2) is 6.30. The topological polar surface area (TPSA) is 0 Å². The largest absolute Gasteiger partial charge is 0.417 e. The van der Waals surface area contributed by atoms with Crippen LogP contribution in [0.2, 0.25) is 0 Å². The van der Waals surface area contributed by atoms with E-state index in [0.29, 0.717) is 0 Å². The number of benzene rings is 1. The highest BCUT2D eigenvalue weighted by Gasteiger charge is 2.46. The van der Waals surface area contributed by atoms with E-state index in [2.05, 4.69) is 12.2 Å². The van der Waals surface area contributed by atoms with E-state index >= 15 is 0 Å². The van der Waals surface area contributed by atoms with Gasteiger partial charge in [0.05, 0.1) is 5.56 Å². The maximum Gasteiger partial charge on any atom is 0.417 e. The minimum absolute atomic E-state index is 0.0850. The van der Waals surface area contributed by atoms with E-state index in [1.165, 1.54) is 24.3 Å². The molecule has 0 aromatic heterocycles. The van der Waals surface area contributed by atoms with Gasteiger partial charge in [0.15, 0.2) is 0 Å². The Morgan fingerprint density at radius 3 is 2.22 bits per heavy atom. The standard InChI is InChI=1S/C14H11F6PS2/c15-13(16,17)9-5-1-3-7-11(9)21(22,23)12-8-4-2-6-10(12)14(18,19)20/h1-7,12H,8H2,(H,22,23). The molecule has 2 rings (SSSR count). The Bertz CT molecular complexity index is 702. The fraction of sp³-hybridized carbons (Fsp3) is 0.286. The molecule has 0 saturated carbocycles. The molecular formula is C14H11F6PS2. The summed E-state index contributed by atoms with van der Waals surface area (Å²) < 4.78 is 79.0. The zero-order chi connectivity index (χ0) is 17.5. The zero-order valence-corrected chi connectivity index (χ0v) is 14.0. The van der Waals surface area contributed by atoms with Crippen LogP contribution in [0.15, 0.2) is 48.1 Å². The van der Waals surface area contributed by atoms with Crippen molar-refractivity contribution in [2.75, 3.05) is 0 Å². The monoisotopic (exact) mass is 388 g/mol. The van der Waals surface area contributed by atoms with E-state index in [4.69, 9.17) is 11.8 Å². The van der Waals surface area contributed by atoms with E-state index in [1.54, 1.807) is 0 Å². The quantitative estimate of drug-likeness (QED) is 0.398. The average molecular weight is 388 g/mol. The first-order valence-electron chi connectivity index (χ1n) is 6.39. The SMILES string of the molecule is FC(F)(F)C1=CC=CCC1P(=S)(S)c1ccccc1C(F)(F)F. The number of hydrogen-bond donors (Lipinski definition) is 1. The lowest BCUT2D eigenvalue weighted by molar-refractivity contribution is -0.136. The first kappa shape index (κ1) is 18.6. The summed E-state index contributed by atoms with van der Waals surface area (Å²) in [7, 11) is 0. The van der Waals surface area contributed by atoms with Crippen LogP contribution in [0.1, 0.15) is 12.0 Å². The highest BCUT2D eigenvalue weighted by Crippen LogP contribution is 2.62. The van der Waals surface area contributed by atoms with Crippen LogP contribution >= 0.6 is 17.5 Å². The first-order chi connectivity index (χ1) is 10.5. The molecule has 0 saturated heterocycles. The number of allylic oxidation sites excluding steroid dienone is 4. The van der Waals surface area contributed by atoms with Gasteiger partial charge in [-0.2, -0.15) is 26.3 Å². The van der Waals surface area contributed by atoms with Crippen LogP contribution < -0.4 is 5.30 Å². The Morgan fingerprint density at radius 1 is 1.04 bits per heavy atom. The van der Waals surface area contributed by atoms with Gasteiger partial charge in [-0.25, -0.2) is 0 Å². The predicted molar refractivity (Wildman–Crippen MR) is 86.0 cm³/mol. The highest BCUT2D eigenvalue weighted by molar-refractivity contribution is 8.66. The highest BCUT2D eigenvalue weighted by atomic mass is 32.9. The van der Waals surface area contributed by atoms with Gasteiger partial charge >= 0.3 is 12.4 Å². The smallest absolute Gasteiger partial charge is 0.166 e. The van der Waals surface area contributed by atoms with Crippen molar-refractivity contribution in [3.05, 3.63) is 53.6 Å². The van der Waals surface area contributed by atoms with Gasteiger partial charge in [-0.15, -0.1) is 12.2 Å². The molecule has 0 aliphatic heterocycles. The second-order valence-electron chi connectivity index (χ2n) is 4.94. The van der Waals surface area contributed by atoms with Crippen molar-refractivity contribution in [3.8, 4) is 0 Å². The maximum atomic E-state index is 13.2. The molecule has 126 valence electrons. The molecule has 0 fully saturated rings. The Kier molecular flexibility index (Phi) is 5.10. The van der Waals surface area contributed by atoms with Crippen molar-refractivity contribution in [1.29, 1.82) is 0 Å². The molecule has 1 aliphatic carbocycles. The summed E-state index contributed by atoms with van der Waals surface area (Å²) in [5.74, 6) is 0. The summed E-state index contributed by atoms with van der Waals surface area (Å²) in [4.78, 5) is 0. The Morgan fingerprint density at radius 2 is 1.65 bits per heavy atom. The van der Waals surface area contributed by atoms with Crippen molar-refractivity contribution < 1.29 is 26.3 Å². The normalized spacial score (nSPS) is 21.7. The molecule has 0 N–H and O–H groups in total. The average Bonchev–Trinajstić information content (AvgIpc) is 2.45. The van der Waals surface area contributed by atoms with Crippen molar-refractivity contribution in [1.82, 2.24) is 0 Å². The maximum absolute atomic E-state index is 13.2. The minimum atomic E-state index is -4.70. The van der Waals surface area contributed by atoms with Crippen molar-refractivity contribution in [2.45, 2.75) is 24.4 Å². The van der Waals surface area contributed by atoms with Gasteiger partial charge in [-0.1, -0.05) is 48.2 Å². The molecule has 0 amide bonds. The Labute approximate surface area is 139 Å². The second-order valence-corrected chi connectivity index (χ2v) is 11.7. The van der Waals surface area contributed by atoms with E-state index in [-0.39, 0.29) is 11.7 Å². The fourth-order valence-corrected chi connectivity index (χ4v) is 6.85. The van der Waals surface area contributed by atoms with Crippen LogP contribution in [0.25, 0.3) is 0 Å². The Balaban J connectivity index is 2.58. The molecule has 0 nitrogen and oxygen atoms in total. The molecule has 0 bridgehead atoms. The van der Waals surface area contributed by atoms with Gasteiger partial charge in [0.1, 0.15) is 0 Å². The van der Waals surface area contributed by atoms with Gasteiger partial charge in [0.2, 0.25) is 0 Å². The summed E-state index contributed by atoms with van der Waals surface area (Å²) in [5.41, 5.74) is -3.22. The van der Waals surface area contributed by atoms with Crippen LogP contribution in [-0.2, 0) is 18.0 Å². The van der Waals surface area contributed by atoms with Crippen LogP contribution in [0.5, 0.6) is 0 Å². The summed E-state index contributed by atoms with van der Waals surface area (Å²) in [6.45, 7) is 0. The molecule has 1 aliphatic rings. The number of halogens is 6. The lowest BCUT2D eigenvalue weighted by atomic mass is 10.0. The summed E-state index contributed by atoms with van der Waals surface area (Å²) in [6, 6.07) is 4.46. The van der Waals surface area contributed by atoms with E-state index in [0.717, 1.165) is 18.2 Å². The molecule has 23 heavy (non-hydrogen) atoms. The molecule has 0 heterocycles. The minimum Gasteiger partial charge on any atom is -0.166 e. The molecule has 1 aromatic carbocycles. The third-order valence-electron chi connectivity index (χ3n) is 3.43. The van der Waals surface area contributed by atoms with Crippen molar-refractivity contribution >= 4 is 34.6 Å². The molecular weight excluding hydrogens is 377 g/mol. The van der Waals surface area contributed by atoms with Crippen LogP contribution in [0.3, 0.4) is 0 Å². The van der Waals surface area contributed by atoms with Gasteiger partial charge < -0.3 is 0 Å². The van der Waals surface area contributed by atoms with Crippen LogP contribution in [0.4, 0.5) is 26.3 Å².